The van der Waals surface area contributed by atoms with Gasteiger partial charge in [-0.05, 0) is 6.92 Å². The lowest BCUT2D eigenvalue weighted by molar-refractivity contribution is -0.130. The number of nitrogens with zero attached hydrogens (tertiary/aromatic N) is 2. The number of barbiturate groups is 1. The Morgan fingerprint density at radius 3 is 2.26 bits per heavy atom. The van der Waals surface area contributed by atoms with Gasteiger partial charge in [-0.3, -0.25) is 19.8 Å². The Kier molecular flexibility index (Phi) is 5.46. The molecule has 4 amide bonds. The Hall–Kier alpha value is -1.93. The maximum Gasteiger partial charge on any atom is 0.331 e. The summed E-state index contributed by atoms with van der Waals surface area (Å²) in [7, 11) is 0. The highest BCUT2D eigenvalue weighted by molar-refractivity contribution is 6.28. The fourth-order valence-electron chi connectivity index (χ4n) is 1.65. The smallest absolute Gasteiger partial charge is 0.331 e. The lowest BCUT2D eigenvalue weighted by atomic mass is 10.2. The third-order valence-corrected chi connectivity index (χ3v) is 2.59. The molecule has 1 aliphatic heterocycles. The third-order valence-electron chi connectivity index (χ3n) is 2.59. The highest BCUT2D eigenvalue weighted by atomic mass is 16.3. The minimum Gasteiger partial charge on any atom is -0.395 e. The Morgan fingerprint density at radius 1 is 1.21 bits per heavy atom. The molecule has 0 unspecified atom stereocenters. The molecule has 0 saturated carbocycles. The number of nitrogens with one attached hydrogen (secondary N) is 1. The summed E-state index contributed by atoms with van der Waals surface area (Å²) in [4.78, 5) is 37.3. The zero-order valence-corrected chi connectivity index (χ0v) is 10.6. The first-order valence-corrected chi connectivity index (χ1v) is 5.89. The molecular formula is C11H17N3O5. The van der Waals surface area contributed by atoms with Crippen LogP contribution in [0.5, 0.6) is 0 Å². The van der Waals surface area contributed by atoms with Gasteiger partial charge >= 0.3 is 6.03 Å². The van der Waals surface area contributed by atoms with Crippen molar-refractivity contribution in [2.45, 2.75) is 6.92 Å². The summed E-state index contributed by atoms with van der Waals surface area (Å²) in [6.07, 6.45) is 1.25. The molecule has 0 spiro atoms. The van der Waals surface area contributed by atoms with Crippen molar-refractivity contribution in [1.82, 2.24) is 15.1 Å². The van der Waals surface area contributed by atoms with Crippen molar-refractivity contribution in [2.75, 3.05) is 32.8 Å². The molecule has 1 rings (SSSR count). The molecule has 1 fully saturated rings. The molecule has 19 heavy (non-hydrogen) atoms. The molecule has 0 aromatic heterocycles. The molecule has 0 atom stereocenters. The lowest BCUT2D eigenvalue weighted by Gasteiger charge is -2.27. The van der Waals surface area contributed by atoms with E-state index in [1.54, 1.807) is 6.92 Å². The summed E-state index contributed by atoms with van der Waals surface area (Å²) >= 11 is 0. The van der Waals surface area contributed by atoms with Crippen LogP contribution in [0.15, 0.2) is 11.8 Å². The standard InChI is InChI=1S/C11H17N3O5/c1-2-14-10(18)8(9(17)12-11(14)19)7-13(3-5-15)4-6-16/h7,15-16H,2-6H2,1H3,(H,12,17,19)/b8-7-. The van der Waals surface area contributed by atoms with E-state index >= 15 is 0 Å². The Morgan fingerprint density at radius 2 is 1.79 bits per heavy atom. The van der Waals surface area contributed by atoms with E-state index < -0.39 is 17.8 Å². The van der Waals surface area contributed by atoms with Gasteiger partial charge in [-0.1, -0.05) is 0 Å². The molecule has 3 N–H and O–H groups in total. The van der Waals surface area contributed by atoms with Crippen molar-refractivity contribution >= 4 is 17.8 Å². The molecule has 0 aromatic carbocycles. The van der Waals surface area contributed by atoms with E-state index in [1.165, 1.54) is 11.1 Å². The van der Waals surface area contributed by atoms with Crippen molar-refractivity contribution in [1.29, 1.82) is 0 Å². The first-order valence-electron chi connectivity index (χ1n) is 5.89. The molecule has 8 nitrogen and oxygen atoms in total. The molecule has 0 aromatic rings. The fourth-order valence-corrected chi connectivity index (χ4v) is 1.65. The summed E-state index contributed by atoms with van der Waals surface area (Å²) in [5, 5.41) is 19.8. The second kappa shape index (κ2) is 6.86. The van der Waals surface area contributed by atoms with E-state index in [0.29, 0.717) is 0 Å². The van der Waals surface area contributed by atoms with Crippen molar-refractivity contribution in [2.24, 2.45) is 0 Å². The van der Waals surface area contributed by atoms with Crippen LogP contribution in [-0.2, 0) is 9.59 Å². The van der Waals surface area contributed by atoms with E-state index in [4.69, 9.17) is 10.2 Å². The monoisotopic (exact) mass is 271 g/mol. The summed E-state index contributed by atoms with van der Waals surface area (Å²) in [5.41, 5.74) is -0.191. The average Bonchev–Trinajstić information content (AvgIpc) is 2.35. The van der Waals surface area contributed by atoms with Crippen molar-refractivity contribution in [3.8, 4) is 0 Å². The fraction of sp³-hybridized carbons (Fsp3) is 0.545. The van der Waals surface area contributed by atoms with Crippen LogP contribution in [0.25, 0.3) is 0 Å². The lowest BCUT2D eigenvalue weighted by Crippen LogP contribution is -2.54. The first kappa shape index (κ1) is 15.1. The van der Waals surface area contributed by atoms with Crippen LogP contribution in [-0.4, -0.2) is 70.7 Å². The normalized spacial score (nSPS) is 17.9. The number of carbonyl (C=O) groups excluding carboxylic acids is 3. The molecule has 0 aliphatic carbocycles. The van der Waals surface area contributed by atoms with Crippen molar-refractivity contribution in [3.05, 3.63) is 11.8 Å². The second-order valence-corrected chi connectivity index (χ2v) is 3.83. The summed E-state index contributed by atoms with van der Waals surface area (Å²) in [5.74, 6) is -1.46. The Labute approximate surface area is 110 Å². The minimum atomic E-state index is -0.777. The largest absolute Gasteiger partial charge is 0.395 e. The third kappa shape index (κ3) is 3.52. The van der Waals surface area contributed by atoms with Crippen LogP contribution in [0.4, 0.5) is 4.79 Å². The van der Waals surface area contributed by atoms with Gasteiger partial charge in [-0.2, -0.15) is 0 Å². The number of hydrogen-bond acceptors (Lipinski definition) is 6. The zero-order chi connectivity index (χ0) is 14.4. The van der Waals surface area contributed by atoms with E-state index in [9.17, 15) is 14.4 Å². The Bertz CT molecular complexity index is 401. The molecular weight excluding hydrogens is 254 g/mol. The summed E-state index contributed by atoms with van der Waals surface area (Å²) in [6.45, 7) is 1.74. The van der Waals surface area contributed by atoms with Gasteiger partial charge in [0.05, 0.1) is 13.2 Å². The molecule has 0 bridgehead atoms. The topological polar surface area (TPSA) is 110 Å². The van der Waals surface area contributed by atoms with Crippen LogP contribution in [0, 0.1) is 0 Å². The predicted molar refractivity (Wildman–Crippen MR) is 64.8 cm³/mol. The van der Waals surface area contributed by atoms with Crippen molar-refractivity contribution < 1.29 is 24.6 Å². The number of amides is 4. The number of rotatable bonds is 6. The second-order valence-electron chi connectivity index (χ2n) is 3.83. The SMILES string of the molecule is CCN1C(=O)NC(=O)/C(=C/N(CCO)CCO)C1=O. The van der Waals surface area contributed by atoms with Crippen LogP contribution in [0.2, 0.25) is 0 Å². The van der Waals surface area contributed by atoms with Gasteiger partial charge in [0.15, 0.2) is 0 Å². The quantitative estimate of drug-likeness (QED) is 0.390. The number of hydrogen-bond donors (Lipinski definition) is 3. The van der Waals surface area contributed by atoms with E-state index in [2.05, 4.69) is 5.32 Å². The van der Waals surface area contributed by atoms with Crippen LogP contribution in [0.1, 0.15) is 6.92 Å². The van der Waals surface area contributed by atoms with E-state index in [1.807, 2.05) is 0 Å². The Balaban J connectivity index is 2.97. The predicted octanol–water partition coefficient (Wildman–Crippen LogP) is -1.74. The molecule has 1 heterocycles. The molecule has 1 aliphatic rings. The van der Waals surface area contributed by atoms with Gasteiger partial charge in [0.25, 0.3) is 11.8 Å². The van der Waals surface area contributed by atoms with Gasteiger partial charge in [0.1, 0.15) is 5.57 Å². The van der Waals surface area contributed by atoms with Crippen LogP contribution >= 0.6 is 0 Å². The van der Waals surface area contributed by atoms with Gasteiger partial charge in [-0.25, -0.2) is 4.79 Å². The highest BCUT2D eigenvalue weighted by Gasteiger charge is 2.35. The number of aliphatic hydroxyl groups excluding tert-OH is 2. The van der Waals surface area contributed by atoms with E-state index in [0.717, 1.165) is 4.90 Å². The first-order chi connectivity index (χ1) is 9.04. The number of likely N-dealkylation sites (N-methyl/N-ethyl adjacent to an activating group) is 1. The highest BCUT2D eigenvalue weighted by Crippen LogP contribution is 2.10. The van der Waals surface area contributed by atoms with E-state index in [-0.39, 0.29) is 38.4 Å². The van der Waals surface area contributed by atoms with Gasteiger partial charge in [-0.15, -0.1) is 0 Å². The van der Waals surface area contributed by atoms with Crippen LogP contribution in [0.3, 0.4) is 0 Å². The molecule has 8 heteroatoms. The zero-order valence-electron chi connectivity index (χ0n) is 10.6. The number of aliphatic hydroxyl groups is 2. The minimum absolute atomic E-state index is 0.148. The van der Waals surface area contributed by atoms with Crippen molar-refractivity contribution in [3.63, 3.8) is 0 Å². The van der Waals surface area contributed by atoms with Gasteiger partial charge < -0.3 is 15.1 Å². The number of urea groups is 1. The number of imide groups is 2. The van der Waals surface area contributed by atoms with Crippen LogP contribution < -0.4 is 5.32 Å². The maximum atomic E-state index is 11.9. The molecule has 106 valence electrons. The number of carbonyl (C=O) groups is 3. The van der Waals surface area contributed by atoms with Gasteiger partial charge in [0.2, 0.25) is 0 Å². The molecule has 0 radical (unpaired) electrons. The maximum absolute atomic E-state index is 11.9. The van der Waals surface area contributed by atoms with Gasteiger partial charge in [0, 0.05) is 25.8 Å². The summed E-state index contributed by atoms with van der Waals surface area (Å²) in [6, 6.07) is -0.745. The molecule has 1 saturated heterocycles. The average molecular weight is 271 g/mol. The summed E-state index contributed by atoms with van der Waals surface area (Å²) < 4.78 is 0.